The minimum atomic E-state index is -0.177. The molecule has 2 atom stereocenters. The first kappa shape index (κ1) is 12.0. The average molecular weight is 261 g/mol. The molecule has 0 spiro atoms. The van der Waals surface area contributed by atoms with E-state index in [4.69, 9.17) is 5.84 Å². The van der Waals surface area contributed by atoms with Crippen LogP contribution in [0.5, 0.6) is 0 Å². The number of likely N-dealkylation sites (tertiary alicyclic amines) is 1. The van der Waals surface area contributed by atoms with Crippen LogP contribution in [0, 0.1) is 17.3 Å². The maximum atomic E-state index is 12.1. The molecule has 100 valence electrons. The first-order valence-electron chi connectivity index (χ1n) is 6.09. The molecule has 1 aliphatic carbocycles. The number of nitrogens with one attached hydrogen (secondary N) is 1. The van der Waals surface area contributed by atoms with Gasteiger partial charge in [-0.2, -0.15) is 0 Å². The van der Waals surface area contributed by atoms with E-state index < -0.39 is 0 Å². The summed E-state index contributed by atoms with van der Waals surface area (Å²) in [6.07, 6.45) is 2.97. The van der Waals surface area contributed by atoms with E-state index in [-0.39, 0.29) is 35.6 Å². The van der Waals surface area contributed by atoms with Crippen LogP contribution in [-0.4, -0.2) is 26.7 Å². The van der Waals surface area contributed by atoms with Crippen molar-refractivity contribution in [2.45, 2.75) is 20.4 Å². The van der Waals surface area contributed by atoms with Gasteiger partial charge in [-0.15, -0.1) is 0 Å². The molecule has 0 radical (unpaired) electrons. The zero-order valence-electron chi connectivity index (χ0n) is 10.8. The van der Waals surface area contributed by atoms with Crippen molar-refractivity contribution >= 4 is 17.6 Å². The fraction of sp³-hybridized carbons (Fsp3) is 0.500. The van der Waals surface area contributed by atoms with Gasteiger partial charge >= 0.3 is 0 Å². The molecule has 2 heterocycles. The minimum absolute atomic E-state index is 0.0946. The van der Waals surface area contributed by atoms with Gasteiger partial charge in [-0.1, -0.05) is 13.8 Å². The largest absolute Gasteiger partial charge is 0.307 e. The third-order valence-corrected chi connectivity index (χ3v) is 4.06. The van der Waals surface area contributed by atoms with Crippen molar-refractivity contribution in [2.24, 2.45) is 23.1 Å². The number of fused-ring (bicyclic) bond motifs is 1. The topological polar surface area (TPSA) is 101 Å². The van der Waals surface area contributed by atoms with E-state index in [0.717, 1.165) is 0 Å². The van der Waals surface area contributed by atoms with E-state index in [9.17, 15) is 9.59 Å². The van der Waals surface area contributed by atoms with E-state index in [1.165, 1.54) is 17.3 Å². The van der Waals surface area contributed by atoms with Crippen molar-refractivity contribution in [3.8, 4) is 0 Å². The predicted molar refractivity (Wildman–Crippen MR) is 66.2 cm³/mol. The van der Waals surface area contributed by atoms with Crippen LogP contribution in [0.15, 0.2) is 12.4 Å². The smallest absolute Gasteiger partial charge is 0.234 e. The van der Waals surface area contributed by atoms with E-state index in [0.29, 0.717) is 11.5 Å². The molecular formula is C12H15N5O2. The molecule has 3 rings (SSSR count). The monoisotopic (exact) mass is 261 g/mol. The highest BCUT2D eigenvalue weighted by atomic mass is 16.2. The molecule has 0 bridgehead atoms. The molecule has 3 N–H and O–H groups in total. The number of anilines is 1. The molecule has 2 amide bonds. The van der Waals surface area contributed by atoms with Crippen LogP contribution in [0.1, 0.15) is 19.5 Å². The van der Waals surface area contributed by atoms with Gasteiger partial charge in [0.25, 0.3) is 0 Å². The van der Waals surface area contributed by atoms with Crippen LogP contribution in [-0.2, 0) is 16.1 Å². The number of carbonyl (C=O) groups excluding carboxylic acids is 2. The lowest BCUT2D eigenvalue weighted by Gasteiger charge is -2.19. The minimum Gasteiger partial charge on any atom is -0.307 e. The predicted octanol–water partition coefficient (Wildman–Crippen LogP) is -0.0968. The molecule has 2 aliphatic rings. The Hall–Kier alpha value is -2.02. The lowest BCUT2D eigenvalue weighted by atomic mass is 10.1. The zero-order valence-corrected chi connectivity index (χ0v) is 10.8. The van der Waals surface area contributed by atoms with Gasteiger partial charge in [-0.3, -0.25) is 19.5 Å². The maximum absolute atomic E-state index is 12.1. The van der Waals surface area contributed by atoms with Crippen molar-refractivity contribution in [3.63, 3.8) is 0 Å². The fourth-order valence-electron chi connectivity index (χ4n) is 2.83. The Balaban J connectivity index is 1.75. The molecule has 19 heavy (non-hydrogen) atoms. The summed E-state index contributed by atoms with van der Waals surface area (Å²) < 4.78 is 0. The molecular weight excluding hydrogens is 246 g/mol. The Morgan fingerprint density at radius 3 is 2.37 bits per heavy atom. The highest BCUT2D eigenvalue weighted by Crippen LogP contribution is 2.63. The lowest BCUT2D eigenvalue weighted by Crippen LogP contribution is -2.35. The number of amides is 2. The van der Waals surface area contributed by atoms with Crippen LogP contribution in [0.25, 0.3) is 0 Å². The number of nitrogens with zero attached hydrogens (tertiary/aromatic N) is 3. The van der Waals surface area contributed by atoms with Crippen LogP contribution in [0.3, 0.4) is 0 Å². The van der Waals surface area contributed by atoms with Crippen molar-refractivity contribution in [3.05, 3.63) is 18.1 Å². The fourth-order valence-corrected chi connectivity index (χ4v) is 2.83. The molecule has 1 aromatic rings. The maximum Gasteiger partial charge on any atom is 0.234 e. The molecule has 2 unspecified atom stereocenters. The second-order valence-corrected chi connectivity index (χ2v) is 5.58. The van der Waals surface area contributed by atoms with E-state index >= 15 is 0 Å². The molecule has 7 nitrogen and oxygen atoms in total. The SMILES string of the molecule is CC1(C)C2C(=O)N(Cc3cnc(NN)cn3)C(=O)C21. The number of imide groups is 1. The van der Waals surface area contributed by atoms with Gasteiger partial charge in [0.2, 0.25) is 11.8 Å². The van der Waals surface area contributed by atoms with Gasteiger partial charge in [0.1, 0.15) is 0 Å². The average Bonchev–Trinajstić information content (AvgIpc) is 2.87. The first-order valence-corrected chi connectivity index (χ1v) is 6.09. The number of nitrogen functional groups attached to an aromatic ring is 1. The zero-order chi connectivity index (χ0) is 13.8. The number of hydrazine groups is 1. The van der Waals surface area contributed by atoms with Crippen LogP contribution in [0.4, 0.5) is 5.82 Å². The summed E-state index contributed by atoms with van der Waals surface area (Å²) in [6.45, 7) is 4.09. The van der Waals surface area contributed by atoms with Gasteiger partial charge in [0.05, 0.1) is 36.5 Å². The molecule has 2 fully saturated rings. The number of carbonyl (C=O) groups is 2. The van der Waals surface area contributed by atoms with E-state index in [2.05, 4.69) is 15.4 Å². The summed E-state index contributed by atoms with van der Waals surface area (Å²) >= 11 is 0. The summed E-state index contributed by atoms with van der Waals surface area (Å²) in [5.74, 6) is 5.13. The third-order valence-electron chi connectivity index (χ3n) is 4.06. The summed E-state index contributed by atoms with van der Waals surface area (Å²) in [5, 5.41) is 0. The standard InChI is InChI=1S/C12H15N5O2/c1-12(2)8-9(12)11(19)17(10(8)18)5-6-3-15-7(16-13)4-14-6/h3-4,8-9H,5,13H2,1-2H3,(H,15,16). The quantitative estimate of drug-likeness (QED) is 0.448. The summed E-state index contributed by atoms with van der Waals surface area (Å²) in [4.78, 5) is 33.6. The molecule has 1 saturated heterocycles. The van der Waals surface area contributed by atoms with Gasteiger partial charge in [-0.05, 0) is 5.41 Å². The Bertz CT molecular complexity index is 530. The number of hydrogen-bond acceptors (Lipinski definition) is 6. The number of aromatic nitrogens is 2. The van der Waals surface area contributed by atoms with Gasteiger partial charge in [-0.25, -0.2) is 10.8 Å². The molecule has 0 aromatic carbocycles. The van der Waals surface area contributed by atoms with Crippen molar-refractivity contribution in [2.75, 3.05) is 5.43 Å². The number of piperidine rings is 1. The second-order valence-electron chi connectivity index (χ2n) is 5.58. The summed E-state index contributed by atoms with van der Waals surface area (Å²) in [6, 6.07) is 0. The van der Waals surface area contributed by atoms with Gasteiger partial charge in [0.15, 0.2) is 5.82 Å². The highest BCUT2D eigenvalue weighted by molar-refractivity contribution is 6.10. The van der Waals surface area contributed by atoms with Crippen molar-refractivity contribution < 1.29 is 9.59 Å². The summed E-state index contributed by atoms with van der Waals surface area (Å²) in [7, 11) is 0. The Morgan fingerprint density at radius 1 is 1.26 bits per heavy atom. The molecule has 1 aliphatic heterocycles. The Labute approximate surface area is 110 Å². The number of rotatable bonds is 3. The lowest BCUT2D eigenvalue weighted by molar-refractivity contribution is -0.143. The van der Waals surface area contributed by atoms with Crippen molar-refractivity contribution in [1.82, 2.24) is 14.9 Å². The van der Waals surface area contributed by atoms with Gasteiger partial charge < -0.3 is 5.43 Å². The number of hydrogen-bond donors (Lipinski definition) is 2. The summed E-state index contributed by atoms with van der Waals surface area (Å²) in [5.41, 5.74) is 2.76. The van der Waals surface area contributed by atoms with Gasteiger partial charge in [0, 0.05) is 0 Å². The molecule has 7 heteroatoms. The van der Waals surface area contributed by atoms with Crippen LogP contribution >= 0.6 is 0 Å². The van der Waals surface area contributed by atoms with Crippen LogP contribution < -0.4 is 11.3 Å². The van der Waals surface area contributed by atoms with E-state index in [1.54, 1.807) is 0 Å². The van der Waals surface area contributed by atoms with Crippen LogP contribution in [0.2, 0.25) is 0 Å². The third kappa shape index (κ3) is 1.61. The normalized spacial score (nSPS) is 27.4. The highest BCUT2D eigenvalue weighted by Gasteiger charge is 2.72. The number of nitrogens with two attached hydrogens (primary N) is 1. The molecule has 1 aromatic heterocycles. The van der Waals surface area contributed by atoms with E-state index in [1.807, 2.05) is 13.8 Å². The Morgan fingerprint density at radius 2 is 1.89 bits per heavy atom. The second kappa shape index (κ2) is 3.74. The Kier molecular flexibility index (Phi) is 2.37. The van der Waals surface area contributed by atoms with Crippen molar-refractivity contribution in [1.29, 1.82) is 0 Å². The first-order chi connectivity index (χ1) is 8.96. The molecule has 1 saturated carbocycles.